The van der Waals surface area contributed by atoms with Crippen molar-refractivity contribution in [2.75, 3.05) is 4.72 Å². The Hall–Kier alpha value is -3.18. The van der Waals surface area contributed by atoms with Gasteiger partial charge in [0.25, 0.3) is 10.0 Å². The number of aromatic nitrogens is 2. The summed E-state index contributed by atoms with van der Waals surface area (Å²) in [6.07, 6.45) is 2.35. The number of nitrogens with one attached hydrogen (secondary N) is 1. The van der Waals surface area contributed by atoms with Gasteiger partial charge in [-0.3, -0.25) is 4.72 Å². The summed E-state index contributed by atoms with van der Waals surface area (Å²) >= 11 is 0. The van der Waals surface area contributed by atoms with E-state index < -0.39 is 15.8 Å². The molecular formula is C16H11FN4O2S. The van der Waals surface area contributed by atoms with Crippen LogP contribution in [0.25, 0.3) is 5.69 Å². The van der Waals surface area contributed by atoms with Gasteiger partial charge in [-0.25, -0.2) is 17.5 Å². The number of sulfonamides is 1. The van der Waals surface area contributed by atoms with E-state index in [9.17, 15) is 12.8 Å². The van der Waals surface area contributed by atoms with Gasteiger partial charge in [0.1, 0.15) is 16.4 Å². The van der Waals surface area contributed by atoms with Crippen LogP contribution >= 0.6 is 0 Å². The number of halogens is 1. The fourth-order valence-electron chi connectivity index (χ4n) is 2.08. The van der Waals surface area contributed by atoms with Crippen molar-refractivity contribution in [1.29, 1.82) is 5.26 Å². The third-order valence-electron chi connectivity index (χ3n) is 3.21. The second-order valence-corrected chi connectivity index (χ2v) is 6.55. The summed E-state index contributed by atoms with van der Waals surface area (Å²) in [5.74, 6) is -0.515. The predicted octanol–water partition coefficient (Wildman–Crippen LogP) is 2.68. The largest absolute Gasteiger partial charge is 0.279 e. The van der Waals surface area contributed by atoms with Crippen LogP contribution in [0.4, 0.5) is 10.1 Å². The van der Waals surface area contributed by atoms with Gasteiger partial charge in [0.15, 0.2) is 0 Å². The van der Waals surface area contributed by atoms with E-state index in [1.54, 1.807) is 18.2 Å². The Morgan fingerprint density at radius 3 is 2.71 bits per heavy atom. The van der Waals surface area contributed by atoms with E-state index in [0.717, 1.165) is 10.9 Å². The van der Waals surface area contributed by atoms with Crippen LogP contribution in [0.2, 0.25) is 0 Å². The van der Waals surface area contributed by atoms with Gasteiger partial charge in [0.2, 0.25) is 0 Å². The first kappa shape index (κ1) is 15.7. The van der Waals surface area contributed by atoms with Crippen molar-refractivity contribution < 1.29 is 12.8 Å². The first-order chi connectivity index (χ1) is 11.5. The van der Waals surface area contributed by atoms with Gasteiger partial charge in [0.05, 0.1) is 29.7 Å². The lowest BCUT2D eigenvalue weighted by atomic mass is 10.2. The van der Waals surface area contributed by atoms with Crippen LogP contribution in [0.3, 0.4) is 0 Å². The van der Waals surface area contributed by atoms with Gasteiger partial charge in [-0.15, -0.1) is 0 Å². The Kier molecular flexibility index (Phi) is 4.02. The van der Waals surface area contributed by atoms with E-state index in [4.69, 9.17) is 5.26 Å². The molecule has 0 amide bonds. The molecule has 120 valence electrons. The Morgan fingerprint density at radius 2 is 1.96 bits per heavy atom. The summed E-state index contributed by atoms with van der Waals surface area (Å²) in [4.78, 5) is -0.117. The lowest BCUT2D eigenvalue weighted by Gasteiger charge is -2.06. The maximum atomic E-state index is 13.8. The molecule has 0 spiro atoms. The first-order valence-electron chi connectivity index (χ1n) is 6.82. The van der Waals surface area contributed by atoms with Crippen LogP contribution in [0.15, 0.2) is 65.8 Å². The van der Waals surface area contributed by atoms with Crippen molar-refractivity contribution in [2.24, 2.45) is 0 Å². The summed E-state index contributed by atoms with van der Waals surface area (Å²) in [6.45, 7) is 0. The highest BCUT2D eigenvalue weighted by atomic mass is 32.2. The number of nitriles is 1. The minimum atomic E-state index is -3.90. The lowest BCUT2D eigenvalue weighted by Crippen LogP contribution is -2.12. The van der Waals surface area contributed by atoms with Crippen molar-refractivity contribution in [3.05, 3.63) is 72.3 Å². The second kappa shape index (κ2) is 6.14. The number of hydrogen-bond donors (Lipinski definition) is 1. The molecule has 0 aliphatic carbocycles. The van der Waals surface area contributed by atoms with Crippen LogP contribution in [0.5, 0.6) is 0 Å². The van der Waals surface area contributed by atoms with Crippen molar-refractivity contribution in [3.8, 4) is 11.8 Å². The van der Waals surface area contributed by atoms with E-state index in [1.165, 1.54) is 36.5 Å². The molecule has 0 aliphatic rings. The zero-order chi connectivity index (χ0) is 17.2. The Balaban J connectivity index is 1.91. The van der Waals surface area contributed by atoms with Crippen molar-refractivity contribution >= 4 is 15.7 Å². The maximum absolute atomic E-state index is 13.8. The molecule has 3 aromatic rings. The summed E-state index contributed by atoms with van der Waals surface area (Å²) in [5, 5.41) is 12.8. The quantitative estimate of drug-likeness (QED) is 0.789. The van der Waals surface area contributed by atoms with E-state index in [1.807, 2.05) is 6.07 Å². The molecule has 0 fully saturated rings. The van der Waals surface area contributed by atoms with Crippen molar-refractivity contribution in [3.63, 3.8) is 0 Å². The van der Waals surface area contributed by atoms with Crippen molar-refractivity contribution in [1.82, 2.24) is 9.78 Å². The van der Waals surface area contributed by atoms with Gasteiger partial charge in [-0.2, -0.15) is 10.4 Å². The van der Waals surface area contributed by atoms with E-state index >= 15 is 0 Å². The van der Waals surface area contributed by atoms with Gasteiger partial charge < -0.3 is 0 Å². The van der Waals surface area contributed by atoms with Crippen LogP contribution in [0.1, 0.15) is 5.56 Å². The minimum absolute atomic E-state index is 0.117. The number of para-hydroxylation sites is 1. The summed E-state index contributed by atoms with van der Waals surface area (Å²) in [7, 11) is -3.90. The fourth-order valence-corrected chi connectivity index (χ4v) is 3.06. The number of nitrogens with zero attached hydrogens (tertiary/aromatic N) is 3. The molecule has 24 heavy (non-hydrogen) atoms. The van der Waals surface area contributed by atoms with Crippen LogP contribution in [-0.2, 0) is 10.0 Å². The standard InChI is InChI=1S/C16H11FN4O2S/c17-15-6-1-2-7-16(15)21-11-14(10-19-21)24(22,23)20-13-5-3-4-12(8-13)9-18/h1-8,10-11,20H. The topological polar surface area (TPSA) is 87.8 Å². The van der Waals surface area contributed by atoms with E-state index in [2.05, 4.69) is 9.82 Å². The monoisotopic (exact) mass is 342 g/mol. The smallest absolute Gasteiger partial charge is 0.265 e. The predicted molar refractivity (Wildman–Crippen MR) is 85.5 cm³/mol. The van der Waals surface area contributed by atoms with Crippen molar-refractivity contribution in [2.45, 2.75) is 4.90 Å². The molecule has 3 rings (SSSR count). The first-order valence-corrected chi connectivity index (χ1v) is 8.30. The van der Waals surface area contributed by atoms with Crippen LogP contribution in [-0.4, -0.2) is 18.2 Å². The minimum Gasteiger partial charge on any atom is -0.279 e. The Labute approximate surface area is 137 Å². The number of hydrogen-bond acceptors (Lipinski definition) is 4. The molecule has 0 saturated carbocycles. The molecule has 0 saturated heterocycles. The third-order valence-corrected chi connectivity index (χ3v) is 4.55. The van der Waals surface area contributed by atoms with Crippen LogP contribution < -0.4 is 4.72 Å². The molecule has 0 bridgehead atoms. The highest BCUT2D eigenvalue weighted by molar-refractivity contribution is 7.92. The third kappa shape index (κ3) is 3.11. The highest BCUT2D eigenvalue weighted by Gasteiger charge is 2.18. The summed E-state index contributed by atoms with van der Waals surface area (Å²) < 4.78 is 42.0. The van der Waals surface area contributed by atoms with Crippen LogP contribution in [0, 0.1) is 17.1 Å². The normalized spacial score (nSPS) is 11.0. The van der Waals surface area contributed by atoms with E-state index in [-0.39, 0.29) is 16.3 Å². The molecule has 0 aliphatic heterocycles. The number of rotatable bonds is 4. The number of benzene rings is 2. The lowest BCUT2D eigenvalue weighted by molar-refractivity contribution is 0.600. The van der Waals surface area contributed by atoms with Gasteiger partial charge in [-0.05, 0) is 30.3 Å². The molecule has 1 heterocycles. The van der Waals surface area contributed by atoms with Gasteiger partial charge in [-0.1, -0.05) is 18.2 Å². The van der Waals surface area contributed by atoms with Gasteiger partial charge in [0, 0.05) is 0 Å². The molecule has 0 unspecified atom stereocenters. The molecule has 8 heteroatoms. The molecule has 0 atom stereocenters. The van der Waals surface area contributed by atoms with E-state index in [0.29, 0.717) is 5.56 Å². The SMILES string of the molecule is N#Cc1cccc(NS(=O)(=O)c2cnn(-c3ccccc3F)c2)c1. The zero-order valence-electron chi connectivity index (χ0n) is 12.2. The zero-order valence-corrected chi connectivity index (χ0v) is 13.0. The molecular weight excluding hydrogens is 331 g/mol. The average molecular weight is 342 g/mol. The molecule has 2 aromatic carbocycles. The fraction of sp³-hybridized carbons (Fsp3) is 0. The maximum Gasteiger partial charge on any atom is 0.265 e. The molecule has 0 radical (unpaired) electrons. The molecule has 1 N–H and O–H groups in total. The van der Waals surface area contributed by atoms with Gasteiger partial charge >= 0.3 is 0 Å². The Bertz CT molecular complexity index is 1040. The molecule has 1 aromatic heterocycles. The number of anilines is 1. The highest BCUT2D eigenvalue weighted by Crippen LogP contribution is 2.19. The summed E-state index contributed by atoms with van der Waals surface area (Å²) in [6, 6.07) is 13.9. The molecule has 6 nitrogen and oxygen atoms in total. The Morgan fingerprint density at radius 1 is 1.17 bits per heavy atom. The average Bonchev–Trinajstić information content (AvgIpc) is 3.06. The second-order valence-electron chi connectivity index (χ2n) is 4.87. The summed E-state index contributed by atoms with van der Waals surface area (Å²) in [5.41, 5.74) is 0.732.